The number of aliphatic hydroxyl groups excluding tert-OH is 2. The number of allylic oxidation sites excluding steroid dienone is 1. The Morgan fingerprint density at radius 2 is 2.06 bits per heavy atom. The van der Waals surface area contributed by atoms with Gasteiger partial charge >= 0.3 is 0 Å². The highest BCUT2D eigenvalue weighted by molar-refractivity contribution is 5.12. The van der Waals surface area contributed by atoms with Crippen molar-refractivity contribution in [2.45, 2.75) is 52.1 Å². The minimum absolute atomic E-state index is 0.0981. The normalized spacial score (nSPS) is 48.9. The van der Waals surface area contributed by atoms with Gasteiger partial charge in [-0.1, -0.05) is 26.0 Å². The van der Waals surface area contributed by atoms with Gasteiger partial charge in [-0.25, -0.2) is 0 Å². The zero-order valence-electron chi connectivity index (χ0n) is 10.5. The molecule has 0 amide bonds. The minimum Gasteiger partial charge on any atom is -0.396 e. The van der Waals surface area contributed by atoms with E-state index in [2.05, 4.69) is 13.5 Å². The molecule has 92 valence electrons. The van der Waals surface area contributed by atoms with E-state index >= 15 is 0 Å². The molecule has 0 aliphatic heterocycles. The predicted octanol–water partition coefficient (Wildman–Crippen LogP) is 2.50. The maximum Gasteiger partial charge on any atom is 0.0618 e. The van der Waals surface area contributed by atoms with Gasteiger partial charge in [-0.2, -0.15) is 0 Å². The Morgan fingerprint density at radius 3 is 2.69 bits per heavy atom. The summed E-state index contributed by atoms with van der Waals surface area (Å²) in [5.74, 6) is 0.430. The summed E-state index contributed by atoms with van der Waals surface area (Å²) in [7, 11) is 0. The molecule has 0 aromatic rings. The number of fused-ring (bicyclic) bond motifs is 1. The molecule has 2 heteroatoms. The zero-order valence-corrected chi connectivity index (χ0v) is 10.5. The van der Waals surface area contributed by atoms with Gasteiger partial charge in [0.2, 0.25) is 0 Å². The SMILES string of the molecule is C=C1CCC2C(C)(CO)C(O)CC[C@@]2(C)C1. The molecular formula is C14H24O2. The van der Waals surface area contributed by atoms with Crippen LogP contribution in [0.3, 0.4) is 0 Å². The molecule has 2 N–H and O–H groups in total. The summed E-state index contributed by atoms with van der Waals surface area (Å²) < 4.78 is 0. The fraction of sp³-hybridized carbons (Fsp3) is 0.857. The van der Waals surface area contributed by atoms with E-state index in [0.29, 0.717) is 5.92 Å². The fourth-order valence-electron chi connectivity index (χ4n) is 4.11. The Kier molecular flexibility index (Phi) is 2.92. The average molecular weight is 224 g/mol. The lowest BCUT2D eigenvalue weighted by atomic mass is 9.50. The highest BCUT2D eigenvalue weighted by Gasteiger charge is 2.53. The van der Waals surface area contributed by atoms with E-state index in [-0.39, 0.29) is 23.5 Å². The molecule has 0 aromatic heterocycles. The van der Waals surface area contributed by atoms with E-state index in [1.165, 1.54) is 5.57 Å². The number of rotatable bonds is 1. The predicted molar refractivity (Wildman–Crippen MR) is 65.0 cm³/mol. The van der Waals surface area contributed by atoms with Crippen molar-refractivity contribution in [3.63, 3.8) is 0 Å². The van der Waals surface area contributed by atoms with Crippen LogP contribution in [0.25, 0.3) is 0 Å². The molecule has 2 rings (SSSR count). The third kappa shape index (κ3) is 1.63. The Bertz CT molecular complexity index is 299. The van der Waals surface area contributed by atoms with Crippen LogP contribution in [-0.2, 0) is 0 Å². The second kappa shape index (κ2) is 3.85. The van der Waals surface area contributed by atoms with Gasteiger partial charge in [0.05, 0.1) is 12.7 Å². The molecule has 2 nitrogen and oxygen atoms in total. The molecule has 0 bridgehead atoms. The number of aliphatic hydroxyl groups is 2. The molecule has 0 aromatic carbocycles. The summed E-state index contributed by atoms with van der Waals surface area (Å²) in [6, 6.07) is 0. The van der Waals surface area contributed by atoms with Gasteiger partial charge in [0.15, 0.2) is 0 Å². The Hall–Kier alpha value is -0.340. The second-order valence-electron chi connectivity index (χ2n) is 6.39. The monoisotopic (exact) mass is 224 g/mol. The molecule has 0 saturated heterocycles. The first-order chi connectivity index (χ1) is 7.42. The van der Waals surface area contributed by atoms with Gasteiger partial charge in [-0.05, 0) is 43.4 Å². The van der Waals surface area contributed by atoms with Crippen LogP contribution in [0.5, 0.6) is 0 Å². The van der Waals surface area contributed by atoms with Crippen LogP contribution in [-0.4, -0.2) is 22.9 Å². The van der Waals surface area contributed by atoms with Crippen molar-refractivity contribution in [2.75, 3.05) is 6.61 Å². The van der Waals surface area contributed by atoms with Crippen molar-refractivity contribution in [2.24, 2.45) is 16.7 Å². The lowest BCUT2D eigenvalue weighted by molar-refractivity contribution is -0.136. The lowest BCUT2D eigenvalue weighted by Crippen LogP contribution is -2.54. The van der Waals surface area contributed by atoms with Crippen molar-refractivity contribution in [1.82, 2.24) is 0 Å². The van der Waals surface area contributed by atoms with Crippen LogP contribution >= 0.6 is 0 Å². The van der Waals surface area contributed by atoms with Gasteiger partial charge < -0.3 is 10.2 Å². The third-order valence-electron chi connectivity index (χ3n) is 5.17. The minimum atomic E-state index is -0.345. The molecule has 4 atom stereocenters. The summed E-state index contributed by atoms with van der Waals surface area (Å²) in [6.07, 6.45) is 4.73. The van der Waals surface area contributed by atoms with Gasteiger partial charge in [-0.3, -0.25) is 0 Å². The molecule has 16 heavy (non-hydrogen) atoms. The topological polar surface area (TPSA) is 40.5 Å². The van der Waals surface area contributed by atoms with E-state index in [4.69, 9.17) is 0 Å². The van der Waals surface area contributed by atoms with Crippen molar-refractivity contribution >= 4 is 0 Å². The molecule has 2 aliphatic carbocycles. The number of hydrogen-bond acceptors (Lipinski definition) is 2. The molecule has 0 radical (unpaired) electrons. The van der Waals surface area contributed by atoms with Crippen LogP contribution in [0.15, 0.2) is 12.2 Å². The van der Waals surface area contributed by atoms with Crippen molar-refractivity contribution < 1.29 is 10.2 Å². The molecule has 2 aliphatic rings. The maximum absolute atomic E-state index is 10.2. The van der Waals surface area contributed by atoms with Crippen LogP contribution in [0, 0.1) is 16.7 Å². The molecule has 0 heterocycles. The van der Waals surface area contributed by atoms with E-state index < -0.39 is 0 Å². The summed E-state index contributed by atoms with van der Waals surface area (Å²) in [5.41, 5.74) is 1.27. The van der Waals surface area contributed by atoms with Crippen LogP contribution in [0.4, 0.5) is 0 Å². The largest absolute Gasteiger partial charge is 0.396 e. The molecule has 2 fully saturated rings. The quantitative estimate of drug-likeness (QED) is 0.672. The van der Waals surface area contributed by atoms with Crippen molar-refractivity contribution in [3.05, 3.63) is 12.2 Å². The first kappa shape index (κ1) is 12.1. The lowest BCUT2D eigenvalue weighted by Gasteiger charge is -2.56. The average Bonchev–Trinajstić information content (AvgIpc) is 2.23. The third-order valence-corrected chi connectivity index (χ3v) is 5.17. The Balaban J connectivity index is 2.31. The standard InChI is InChI=1S/C14H24O2/c1-10-4-5-11-13(2,8-10)7-6-12(16)14(11,3)9-15/h11-12,15-16H,1,4-9H2,2-3H3/t11?,12?,13-,14?/m0/s1. The molecule has 2 saturated carbocycles. The first-order valence-electron chi connectivity index (χ1n) is 6.38. The molecular weight excluding hydrogens is 200 g/mol. The Morgan fingerprint density at radius 1 is 1.38 bits per heavy atom. The smallest absolute Gasteiger partial charge is 0.0618 e. The van der Waals surface area contributed by atoms with Gasteiger partial charge in [0.1, 0.15) is 0 Å². The van der Waals surface area contributed by atoms with Gasteiger partial charge in [0, 0.05) is 5.41 Å². The highest BCUT2D eigenvalue weighted by Crippen LogP contribution is 2.58. The van der Waals surface area contributed by atoms with Crippen molar-refractivity contribution in [1.29, 1.82) is 0 Å². The highest BCUT2D eigenvalue weighted by atomic mass is 16.3. The summed E-state index contributed by atoms with van der Waals surface area (Å²) >= 11 is 0. The second-order valence-corrected chi connectivity index (χ2v) is 6.39. The van der Waals surface area contributed by atoms with Crippen LogP contribution < -0.4 is 0 Å². The fourth-order valence-corrected chi connectivity index (χ4v) is 4.11. The van der Waals surface area contributed by atoms with Crippen LogP contribution in [0.1, 0.15) is 46.0 Å². The summed E-state index contributed by atoms with van der Waals surface area (Å²) in [5, 5.41) is 19.8. The van der Waals surface area contributed by atoms with Gasteiger partial charge in [0.25, 0.3) is 0 Å². The van der Waals surface area contributed by atoms with Gasteiger partial charge in [-0.15, -0.1) is 0 Å². The Labute approximate surface area is 98.4 Å². The van der Waals surface area contributed by atoms with E-state index in [0.717, 1.165) is 32.1 Å². The molecule has 3 unspecified atom stereocenters. The van der Waals surface area contributed by atoms with E-state index in [1.807, 2.05) is 6.92 Å². The zero-order chi connectivity index (χ0) is 12.0. The summed E-state index contributed by atoms with van der Waals surface area (Å²) in [4.78, 5) is 0. The maximum atomic E-state index is 10.2. The van der Waals surface area contributed by atoms with Crippen molar-refractivity contribution in [3.8, 4) is 0 Å². The van der Waals surface area contributed by atoms with Crippen LogP contribution in [0.2, 0.25) is 0 Å². The molecule has 0 spiro atoms. The first-order valence-corrected chi connectivity index (χ1v) is 6.38. The summed E-state index contributed by atoms with van der Waals surface area (Å²) in [6.45, 7) is 8.57. The van der Waals surface area contributed by atoms with E-state index in [1.54, 1.807) is 0 Å². The number of hydrogen-bond donors (Lipinski definition) is 2. The van der Waals surface area contributed by atoms with E-state index in [9.17, 15) is 10.2 Å².